The van der Waals surface area contributed by atoms with Crippen molar-refractivity contribution in [2.24, 2.45) is 0 Å². The molecule has 2 heterocycles. The minimum absolute atomic E-state index is 0.107. The van der Waals surface area contributed by atoms with Gasteiger partial charge in [-0.25, -0.2) is 0 Å². The molecule has 1 N–H and O–H groups in total. The molecule has 3 aromatic rings. The molecule has 0 bridgehead atoms. The highest BCUT2D eigenvalue weighted by molar-refractivity contribution is 5.94. The van der Waals surface area contributed by atoms with Crippen molar-refractivity contribution in [1.29, 1.82) is 0 Å². The number of aromatic nitrogens is 2. The molecule has 0 aliphatic carbocycles. The van der Waals surface area contributed by atoms with Crippen LogP contribution in [0.15, 0.2) is 67.0 Å². The number of carbonyl (C=O) groups excluding carboxylic acids is 1. The van der Waals surface area contributed by atoms with Gasteiger partial charge in [0.05, 0.1) is 12.6 Å². The average molecular weight is 391 g/mol. The van der Waals surface area contributed by atoms with Crippen LogP contribution in [0.2, 0.25) is 0 Å². The number of hydrogen-bond donors (Lipinski definition) is 1. The van der Waals surface area contributed by atoms with E-state index in [4.69, 9.17) is 9.47 Å². The monoisotopic (exact) mass is 391 g/mol. The highest BCUT2D eigenvalue weighted by Gasteiger charge is 2.16. The Hall–Kier alpha value is -3.12. The second kappa shape index (κ2) is 9.39. The van der Waals surface area contributed by atoms with E-state index in [1.54, 1.807) is 18.3 Å². The molecular formula is C23H25N3O3. The zero-order valence-electron chi connectivity index (χ0n) is 16.3. The SMILES string of the molecule is O=C(NCc1ccccc1Cn1cccn1)c1ccc(OCC2CCCO2)cc1. The smallest absolute Gasteiger partial charge is 0.251 e. The van der Waals surface area contributed by atoms with E-state index in [-0.39, 0.29) is 12.0 Å². The maximum absolute atomic E-state index is 12.5. The summed E-state index contributed by atoms with van der Waals surface area (Å²) in [5, 5.41) is 7.26. The molecule has 0 saturated carbocycles. The van der Waals surface area contributed by atoms with E-state index in [9.17, 15) is 4.79 Å². The Morgan fingerprint density at radius 1 is 1.14 bits per heavy atom. The maximum atomic E-state index is 12.5. The Labute approximate surface area is 170 Å². The van der Waals surface area contributed by atoms with E-state index < -0.39 is 0 Å². The van der Waals surface area contributed by atoms with E-state index in [0.717, 1.165) is 36.3 Å². The van der Waals surface area contributed by atoms with E-state index in [2.05, 4.69) is 16.5 Å². The van der Waals surface area contributed by atoms with Gasteiger partial charge in [0.2, 0.25) is 0 Å². The predicted molar refractivity (Wildman–Crippen MR) is 110 cm³/mol. The molecule has 6 heteroatoms. The van der Waals surface area contributed by atoms with Gasteiger partial charge in [0.15, 0.2) is 0 Å². The number of carbonyl (C=O) groups is 1. The molecule has 150 valence electrons. The van der Waals surface area contributed by atoms with Gasteiger partial charge in [0, 0.05) is 31.1 Å². The summed E-state index contributed by atoms with van der Waals surface area (Å²) < 4.78 is 13.2. The zero-order chi connectivity index (χ0) is 19.9. The summed E-state index contributed by atoms with van der Waals surface area (Å²) in [5.41, 5.74) is 2.82. The first-order chi connectivity index (χ1) is 14.3. The van der Waals surface area contributed by atoms with Crippen LogP contribution in [-0.4, -0.2) is 35.0 Å². The minimum atomic E-state index is -0.107. The molecule has 29 heavy (non-hydrogen) atoms. The van der Waals surface area contributed by atoms with Crippen molar-refractivity contribution in [3.8, 4) is 5.75 Å². The molecule has 1 amide bonds. The summed E-state index contributed by atoms with van der Waals surface area (Å²) in [4.78, 5) is 12.5. The molecule has 1 saturated heterocycles. The lowest BCUT2D eigenvalue weighted by Gasteiger charge is -2.12. The van der Waals surface area contributed by atoms with Crippen molar-refractivity contribution in [3.63, 3.8) is 0 Å². The topological polar surface area (TPSA) is 65.4 Å². The standard InChI is InChI=1S/C23H25N3O3/c27-23(18-8-10-21(11-9-18)29-17-22-7-3-14-28-22)24-15-19-5-1-2-6-20(19)16-26-13-4-12-25-26/h1-2,4-6,8-13,22H,3,7,14-17H2,(H,24,27). The van der Waals surface area contributed by atoms with Crippen molar-refractivity contribution in [1.82, 2.24) is 15.1 Å². The number of amides is 1. The Kier molecular flexibility index (Phi) is 6.22. The van der Waals surface area contributed by atoms with E-state index >= 15 is 0 Å². The van der Waals surface area contributed by atoms with Crippen LogP contribution < -0.4 is 10.1 Å². The Morgan fingerprint density at radius 2 is 1.97 bits per heavy atom. The fourth-order valence-electron chi connectivity index (χ4n) is 3.40. The number of hydrogen-bond acceptors (Lipinski definition) is 4. The third-order valence-electron chi connectivity index (χ3n) is 5.03. The van der Waals surface area contributed by atoms with Crippen molar-refractivity contribution in [2.75, 3.05) is 13.2 Å². The lowest BCUT2D eigenvalue weighted by Crippen LogP contribution is -2.23. The number of rotatable bonds is 8. The molecule has 1 aliphatic rings. The molecule has 1 unspecified atom stereocenters. The summed E-state index contributed by atoms with van der Waals surface area (Å²) >= 11 is 0. The molecule has 0 radical (unpaired) electrons. The fraction of sp³-hybridized carbons (Fsp3) is 0.304. The minimum Gasteiger partial charge on any atom is -0.491 e. The number of benzene rings is 2. The van der Waals surface area contributed by atoms with Crippen molar-refractivity contribution >= 4 is 5.91 Å². The maximum Gasteiger partial charge on any atom is 0.251 e. The van der Waals surface area contributed by atoms with Gasteiger partial charge < -0.3 is 14.8 Å². The van der Waals surface area contributed by atoms with Crippen LogP contribution in [0.5, 0.6) is 5.75 Å². The average Bonchev–Trinajstić information content (AvgIpc) is 3.46. The Morgan fingerprint density at radius 3 is 2.69 bits per heavy atom. The fourth-order valence-corrected chi connectivity index (χ4v) is 3.40. The summed E-state index contributed by atoms with van der Waals surface area (Å²) in [5.74, 6) is 0.645. The highest BCUT2D eigenvalue weighted by atomic mass is 16.5. The van der Waals surface area contributed by atoms with Crippen LogP contribution in [0.4, 0.5) is 0 Å². The highest BCUT2D eigenvalue weighted by Crippen LogP contribution is 2.17. The first-order valence-corrected chi connectivity index (χ1v) is 9.95. The molecule has 6 nitrogen and oxygen atoms in total. The van der Waals surface area contributed by atoms with E-state index in [1.165, 1.54) is 0 Å². The van der Waals surface area contributed by atoms with Crippen molar-refractivity contribution in [3.05, 3.63) is 83.7 Å². The van der Waals surface area contributed by atoms with Gasteiger partial charge in [-0.2, -0.15) is 5.10 Å². The van der Waals surface area contributed by atoms with Crippen LogP contribution in [0.3, 0.4) is 0 Å². The molecular weight excluding hydrogens is 366 g/mol. The second-order valence-electron chi connectivity index (χ2n) is 7.13. The Bertz CT molecular complexity index is 917. The van der Waals surface area contributed by atoms with Crippen LogP contribution in [0.1, 0.15) is 34.3 Å². The number of nitrogens with one attached hydrogen (secondary N) is 1. The quantitative estimate of drug-likeness (QED) is 0.639. The lowest BCUT2D eigenvalue weighted by atomic mass is 10.1. The van der Waals surface area contributed by atoms with Crippen LogP contribution >= 0.6 is 0 Å². The van der Waals surface area contributed by atoms with Gasteiger partial charge >= 0.3 is 0 Å². The summed E-state index contributed by atoms with van der Waals surface area (Å²) in [6, 6.07) is 17.2. The number of ether oxygens (including phenoxy) is 2. The van der Waals surface area contributed by atoms with Gasteiger partial charge in [-0.05, 0) is 54.3 Å². The van der Waals surface area contributed by atoms with E-state index in [0.29, 0.717) is 25.3 Å². The van der Waals surface area contributed by atoms with Gasteiger partial charge in [0.1, 0.15) is 12.4 Å². The summed E-state index contributed by atoms with van der Waals surface area (Å²) in [6.07, 6.45) is 6.01. The van der Waals surface area contributed by atoms with E-state index in [1.807, 2.05) is 47.3 Å². The molecule has 4 rings (SSSR count). The van der Waals surface area contributed by atoms with Gasteiger partial charge in [-0.15, -0.1) is 0 Å². The van der Waals surface area contributed by atoms with Crippen molar-refractivity contribution < 1.29 is 14.3 Å². The van der Waals surface area contributed by atoms with Crippen LogP contribution in [0.25, 0.3) is 0 Å². The second-order valence-corrected chi connectivity index (χ2v) is 7.13. The summed E-state index contributed by atoms with van der Waals surface area (Å²) in [6.45, 7) is 2.51. The molecule has 1 aliphatic heterocycles. The molecule has 0 spiro atoms. The zero-order valence-corrected chi connectivity index (χ0v) is 16.3. The third kappa shape index (κ3) is 5.23. The van der Waals surface area contributed by atoms with Gasteiger partial charge in [-0.1, -0.05) is 24.3 Å². The molecule has 1 fully saturated rings. The predicted octanol–water partition coefficient (Wildman–Crippen LogP) is 3.42. The first kappa shape index (κ1) is 19.2. The lowest BCUT2D eigenvalue weighted by molar-refractivity contribution is 0.0679. The molecule has 1 aromatic heterocycles. The number of nitrogens with zero attached hydrogens (tertiary/aromatic N) is 2. The van der Waals surface area contributed by atoms with Crippen LogP contribution in [0, 0.1) is 0 Å². The summed E-state index contributed by atoms with van der Waals surface area (Å²) in [7, 11) is 0. The van der Waals surface area contributed by atoms with Gasteiger partial charge in [-0.3, -0.25) is 9.48 Å². The Balaban J connectivity index is 1.31. The first-order valence-electron chi connectivity index (χ1n) is 9.95. The molecule has 2 aromatic carbocycles. The van der Waals surface area contributed by atoms with Crippen LogP contribution in [-0.2, 0) is 17.8 Å². The normalized spacial score (nSPS) is 15.9. The largest absolute Gasteiger partial charge is 0.491 e. The van der Waals surface area contributed by atoms with Crippen molar-refractivity contribution in [2.45, 2.75) is 32.0 Å². The van der Waals surface area contributed by atoms with Gasteiger partial charge in [0.25, 0.3) is 5.91 Å². The third-order valence-corrected chi connectivity index (χ3v) is 5.03. The molecule has 1 atom stereocenters.